The van der Waals surface area contributed by atoms with Gasteiger partial charge in [0.15, 0.2) is 0 Å². The van der Waals surface area contributed by atoms with Gasteiger partial charge in [0.1, 0.15) is 0 Å². The van der Waals surface area contributed by atoms with E-state index in [2.05, 4.69) is 11.8 Å². The molecule has 1 saturated carbocycles. The highest BCUT2D eigenvalue weighted by Gasteiger charge is 2.39. The van der Waals surface area contributed by atoms with Crippen LogP contribution in [0.2, 0.25) is 0 Å². The van der Waals surface area contributed by atoms with E-state index in [-0.39, 0.29) is 0 Å². The van der Waals surface area contributed by atoms with E-state index in [0.29, 0.717) is 5.41 Å². The molecule has 1 aliphatic carbocycles. The summed E-state index contributed by atoms with van der Waals surface area (Å²) in [7, 11) is 0. The standard InChI is InChI=1S/C7H15NO/c1-2-7(3-4-7)5-6-9-8/h2-6,8H2,1H3. The van der Waals surface area contributed by atoms with Gasteiger partial charge in [0, 0.05) is 0 Å². The quantitative estimate of drug-likeness (QED) is 0.583. The van der Waals surface area contributed by atoms with Gasteiger partial charge in [0.2, 0.25) is 0 Å². The molecule has 2 heteroatoms. The first kappa shape index (κ1) is 7.03. The normalized spacial score (nSPS) is 22.0. The van der Waals surface area contributed by atoms with Gasteiger partial charge in [0.05, 0.1) is 6.61 Å². The van der Waals surface area contributed by atoms with Crippen LogP contribution >= 0.6 is 0 Å². The van der Waals surface area contributed by atoms with Crippen molar-refractivity contribution >= 4 is 0 Å². The summed E-state index contributed by atoms with van der Waals surface area (Å²) >= 11 is 0. The molecule has 0 aromatic heterocycles. The molecule has 0 heterocycles. The fourth-order valence-corrected chi connectivity index (χ4v) is 1.23. The van der Waals surface area contributed by atoms with Crippen LogP contribution in [0.15, 0.2) is 0 Å². The largest absolute Gasteiger partial charge is 0.305 e. The lowest BCUT2D eigenvalue weighted by Crippen LogP contribution is -2.07. The van der Waals surface area contributed by atoms with E-state index in [1.807, 2.05) is 0 Å². The molecule has 0 aliphatic heterocycles. The summed E-state index contributed by atoms with van der Waals surface area (Å²) in [5, 5.41) is 0. The molecule has 1 rings (SSSR count). The van der Waals surface area contributed by atoms with Crippen molar-refractivity contribution in [1.82, 2.24) is 0 Å². The fraction of sp³-hybridized carbons (Fsp3) is 1.00. The van der Waals surface area contributed by atoms with Gasteiger partial charge < -0.3 is 4.84 Å². The van der Waals surface area contributed by atoms with Crippen LogP contribution in [-0.2, 0) is 4.84 Å². The Kier molecular flexibility index (Phi) is 2.09. The predicted octanol–water partition coefficient (Wildman–Crippen LogP) is 1.46. The van der Waals surface area contributed by atoms with Crippen LogP contribution in [0.25, 0.3) is 0 Å². The van der Waals surface area contributed by atoms with E-state index in [1.165, 1.54) is 19.3 Å². The molecule has 0 aromatic carbocycles. The van der Waals surface area contributed by atoms with E-state index in [1.54, 1.807) is 0 Å². The fourth-order valence-electron chi connectivity index (χ4n) is 1.23. The Morgan fingerprint density at radius 2 is 2.22 bits per heavy atom. The van der Waals surface area contributed by atoms with Gasteiger partial charge >= 0.3 is 0 Å². The zero-order valence-corrected chi connectivity index (χ0v) is 6.02. The lowest BCUT2D eigenvalue weighted by molar-refractivity contribution is 0.118. The van der Waals surface area contributed by atoms with Gasteiger partial charge in [0.25, 0.3) is 0 Å². The monoisotopic (exact) mass is 129 g/mol. The van der Waals surface area contributed by atoms with Gasteiger partial charge in [-0.15, -0.1) is 0 Å². The van der Waals surface area contributed by atoms with Gasteiger partial charge in [-0.1, -0.05) is 13.3 Å². The zero-order chi connectivity index (χ0) is 6.74. The number of rotatable bonds is 4. The second-order valence-corrected chi connectivity index (χ2v) is 2.97. The lowest BCUT2D eigenvalue weighted by atomic mass is 10.0. The van der Waals surface area contributed by atoms with E-state index in [9.17, 15) is 0 Å². The summed E-state index contributed by atoms with van der Waals surface area (Å²) in [5.74, 6) is 4.92. The summed E-state index contributed by atoms with van der Waals surface area (Å²) in [6.45, 7) is 2.97. The van der Waals surface area contributed by atoms with Crippen molar-refractivity contribution < 1.29 is 4.84 Å². The number of nitrogens with two attached hydrogens (primary N) is 1. The molecular formula is C7H15NO. The lowest BCUT2D eigenvalue weighted by Gasteiger charge is -2.09. The molecule has 1 fully saturated rings. The van der Waals surface area contributed by atoms with E-state index in [4.69, 9.17) is 5.90 Å². The van der Waals surface area contributed by atoms with Crippen LogP contribution < -0.4 is 5.90 Å². The maximum atomic E-state index is 4.92. The van der Waals surface area contributed by atoms with Gasteiger partial charge in [-0.05, 0) is 24.7 Å². The minimum atomic E-state index is 0.638. The second-order valence-electron chi connectivity index (χ2n) is 2.97. The maximum absolute atomic E-state index is 4.92. The molecule has 0 bridgehead atoms. The zero-order valence-electron chi connectivity index (χ0n) is 6.02. The van der Waals surface area contributed by atoms with Crippen molar-refractivity contribution in [3.8, 4) is 0 Å². The van der Waals surface area contributed by atoms with Crippen molar-refractivity contribution in [3.05, 3.63) is 0 Å². The van der Waals surface area contributed by atoms with E-state index >= 15 is 0 Å². The van der Waals surface area contributed by atoms with E-state index in [0.717, 1.165) is 13.0 Å². The Balaban J connectivity index is 2.10. The van der Waals surface area contributed by atoms with Crippen molar-refractivity contribution in [2.24, 2.45) is 11.3 Å². The third-order valence-electron chi connectivity index (χ3n) is 2.46. The minimum Gasteiger partial charge on any atom is -0.305 e. The summed E-state index contributed by atoms with van der Waals surface area (Å²) < 4.78 is 0. The molecule has 0 radical (unpaired) electrons. The van der Waals surface area contributed by atoms with E-state index < -0.39 is 0 Å². The first-order valence-electron chi connectivity index (χ1n) is 3.65. The molecule has 0 atom stereocenters. The molecule has 54 valence electrons. The second kappa shape index (κ2) is 2.67. The molecule has 0 unspecified atom stereocenters. The molecule has 2 N–H and O–H groups in total. The molecule has 0 aromatic rings. The molecule has 0 amide bonds. The highest BCUT2D eigenvalue weighted by Crippen LogP contribution is 2.51. The van der Waals surface area contributed by atoms with Crippen LogP contribution in [0, 0.1) is 5.41 Å². The van der Waals surface area contributed by atoms with Crippen molar-refractivity contribution in [1.29, 1.82) is 0 Å². The van der Waals surface area contributed by atoms with Gasteiger partial charge in [-0.2, -0.15) is 0 Å². The topological polar surface area (TPSA) is 35.2 Å². The molecule has 9 heavy (non-hydrogen) atoms. The summed E-state index contributed by atoms with van der Waals surface area (Å²) in [6.07, 6.45) is 5.20. The van der Waals surface area contributed by atoms with Crippen LogP contribution in [0.3, 0.4) is 0 Å². The van der Waals surface area contributed by atoms with Crippen LogP contribution in [0.5, 0.6) is 0 Å². The molecule has 0 spiro atoms. The van der Waals surface area contributed by atoms with Gasteiger partial charge in [-0.3, -0.25) is 0 Å². The molecule has 2 nitrogen and oxygen atoms in total. The Labute approximate surface area is 56.3 Å². The Morgan fingerprint density at radius 3 is 2.56 bits per heavy atom. The molecule has 1 aliphatic rings. The number of hydrogen-bond donors (Lipinski definition) is 1. The highest BCUT2D eigenvalue weighted by atomic mass is 16.6. The molecular weight excluding hydrogens is 114 g/mol. The van der Waals surface area contributed by atoms with Crippen molar-refractivity contribution in [2.45, 2.75) is 32.6 Å². The third-order valence-corrected chi connectivity index (χ3v) is 2.46. The Bertz CT molecular complexity index is 88.9. The SMILES string of the molecule is CCC1(CCON)CC1. The van der Waals surface area contributed by atoms with Crippen LogP contribution in [0.4, 0.5) is 0 Å². The molecule has 0 saturated heterocycles. The smallest absolute Gasteiger partial charge is 0.0684 e. The summed E-state index contributed by atoms with van der Waals surface area (Å²) in [4.78, 5) is 4.52. The third kappa shape index (κ3) is 1.66. The summed E-state index contributed by atoms with van der Waals surface area (Å²) in [6, 6.07) is 0. The summed E-state index contributed by atoms with van der Waals surface area (Å²) in [5.41, 5.74) is 0.638. The van der Waals surface area contributed by atoms with Crippen molar-refractivity contribution in [3.63, 3.8) is 0 Å². The number of hydrogen-bond acceptors (Lipinski definition) is 2. The van der Waals surface area contributed by atoms with Crippen LogP contribution in [-0.4, -0.2) is 6.61 Å². The predicted molar refractivity (Wildman–Crippen MR) is 36.7 cm³/mol. The van der Waals surface area contributed by atoms with Crippen molar-refractivity contribution in [2.75, 3.05) is 6.61 Å². The van der Waals surface area contributed by atoms with Gasteiger partial charge in [-0.25, -0.2) is 5.90 Å². The average Bonchev–Trinajstić information content (AvgIpc) is 2.65. The minimum absolute atomic E-state index is 0.638. The maximum Gasteiger partial charge on any atom is 0.0684 e. The van der Waals surface area contributed by atoms with Crippen LogP contribution in [0.1, 0.15) is 32.6 Å². The first-order chi connectivity index (χ1) is 4.33. The Hall–Kier alpha value is -0.0800. The Morgan fingerprint density at radius 1 is 1.56 bits per heavy atom. The first-order valence-corrected chi connectivity index (χ1v) is 3.65. The highest BCUT2D eigenvalue weighted by molar-refractivity contribution is 4.91. The average molecular weight is 129 g/mol.